The summed E-state index contributed by atoms with van der Waals surface area (Å²) in [5.41, 5.74) is 0.736. The van der Waals surface area contributed by atoms with E-state index in [0.717, 1.165) is 12.1 Å². The van der Waals surface area contributed by atoms with E-state index in [4.69, 9.17) is 5.73 Å². The molecule has 1 fully saturated rings. The molecule has 4 rings (SSSR count). The van der Waals surface area contributed by atoms with Gasteiger partial charge in [0.25, 0.3) is 11.8 Å². The standard InChI is InChI=1S/C27H23F7N4O2/c1-13-12-38(6-5-37(13)2)23-11-19(29)17(14-7-20(30)24(25(35)39)21(31)8-14)10-22(23)36-26(40)16-4-3-15(28)9-18(16)27(32,33)34/h3-4,7-11,13H,5-6,12H2,1-2H3,(H2,35,39)(H,36,40)/t13-/m1/s1. The molecule has 6 nitrogen and oxygen atoms in total. The summed E-state index contributed by atoms with van der Waals surface area (Å²) in [6.45, 7) is 3.16. The number of nitrogens with zero attached hydrogens (tertiary/aromatic N) is 2. The predicted octanol–water partition coefficient (Wildman–Crippen LogP) is 5.42. The number of alkyl halides is 3. The number of piperazine rings is 1. The van der Waals surface area contributed by atoms with Crippen LogP contribution in [0.25, 0.3) is 11.1 Å². The molecule has 0 bridgehead atoms. The summed E-state index contributed by atoms with van der Waals surface area (Å²) in [7, 11) is 1.88. The van der Waals surface area contributed by atoms with Crippen molar-refractivity contribution >= 4 is 23.2 Å². The predicted molar refractivity (Wildman–Crippen MR) is 134 cm³/mol. The molecular weight excluding hydrogens is 545 g/mol. The van der Waals surface area contributed by atoms with Crippen LogP contribution in [0.3, 0.4) is 0 Å². The smallest absolute Gasteiger partial charge is 0.367 e. The second-order valence-electron chi connectivity index (χ2n) is 9.45. The summed E-state index contributed by atoms with van der Waals surface area (Å²) in [6, 6.07) is 4.89. The second kappa shape index (κ2) is 10.8. The summed E-state index contributed by atoms with van der Waals surface area (Å²) in [6.07, 6.45) is -5.06. The van der Waals surface area contributed by atoms with Crippen LogP contribution in [0.4, 0.5) is 42.1 Å². The van der Waals surface area contributed by atoms with Crippen LogP contribution in [-0.2, 0) is 6.18 Å². The monoisotopic (exact) mass is 568 g/mol. The normalized spacial score (nSPS) is 16.2. The zero-order valence-electron chi connectivity index (χ0n) is 21.2. The minimum Gasteiger partial charge on any atom is -0.367 e. The first-order valence-corrected chi connectivity index (χ1v) is 11.9. The summed E-state index contributed by atoms with van der Waals surface area (Å²) in [5, 5.41) is 2.33. The van der Waals surface area contributed by atoms with E-state index in [9.17, 15) is 35.9 Å². The number of anilines is 2. The van der Waals surface area contributed by atoms with Crippen LogP contribution in [0.2, 0.25) is 0 Å². The van der Waals surface area contributed by atoms with Crippen LogP contribution >= 0.6 is 0 Å². The Balaban J connectivity index is 1.84. The number of halogens is 7. The topological polar surface area (TPSA) is 78.7 Å². The Bertz CT molecular complexity index is 1470. The number of primary amides is 1. The van der Waals surface area contributed by atoms with Crippen molar-refractivity contribution in [3.8, 4) is 11.1 Å². The molecule has 0 spiro atoms. The molecular formula is C27H23F7N4O2. The van der Waals surface area contributed by atoms with Crippen LogP contribution < -0.4 is 16.0 Å². The van der Waals surface area contributed by atoms with Gasteiger partial charge in [-0.05, 0) is 62.0 Å². The van der Waals surface area contributed by atoms with Crippen molar-refractivity contribution in [2.24, 2.45) is 5.73 Å². The lowest BCUT2D eigenvalue weighted by atomic mass is 9.99. The molecule has 1 saturated heterocycles. The van der Waals surface area contributed by atoms with Gasteiger partial charge in [-0.25, -0.2) is 17.6 Å². The van der Waals surface area contributed by atoms with E-state index in [1.54, 1.807) is 4.90 Å². The number of carbonyl (C=O) groups is 2. The maximum absolute atomic E-state index is 15.4. The van der Waals surface area contributed by atoms with Crippen molar-refractivity contribution in [3.05, 3.63) is 82.4 Å². The van der Waals surface area contributed by atoms with Gasteiger partial charge < -0.3 is 20.9 Å². The van der Waals surface area contributed by atoms with Gasteiger partial charge in [-0.1, -0.05) is 0 Å². The van der Waals surface area contributed by atoms with Gasteiger partial charge >= 0.3 is 6.18 Å². The lowest BCUT2D eigenvalue weighted by molar-refractivity contribution is -0.138. The quantitative estimate of drug-likeness (QED) is 0.403. The van der Waals surface area contributed by atoms with Crippen LogP contribution in [-0.4, -0.2) is 49.4 Å². The van der Waals surface area contributed by atoms with Gasteiger partial charge in [-0.3, -0.25) is 9.59 Å². The molecule has 0 unspecified atom stereocenters. The van der Waals surface area contributed by atoms with Gasteiger partial charge in [0.2, 0.25) is 0 Å². The summed E-state index contributed by atoms with van der Waals surface area (Å²) < 4.78 is 98.6. The van der Waals surface area contributed by atoms with Crippen LogP contribution in [0, 0.1) is 23.3 Å². The first kappa shape index (κ1) is 28.9. The average molecular weight is 568 g/mol. The van der Waals surface area contributed by atoms with Crippen molar-refractivity contribution < 1.29 is 40.3 Å². The molecule has 0 radical (unpaired) electrons. The molecule has 0 saturated carbocycles. The van der Waals surface area contributed by atoms with E-state index in [1.807, 2.05) is 18.9 Å². The van der Waals surface area contributed by atoms with Gasteiger partial charge in [0.1, 0.15) is 28.8 Å². The number of nitrogens with two attached hydrogens (primary N) is 1. The molecule has 212 valence electrons. The van der Waals surface area contributed by atoms with Crippen molar-refractivity contribution in [1.29, 1.82) is 0 Å². The van der Waals surface area contributed by atoms with E-state index < -0.39 is 63.5 Å². The third-order valence-electron chi connectivity index (χ3n) is 6.77. The molecule has 0 aliphatic carbocycles. The average Bonchev–Trinajstić information content (AvgIpc) is 2.85. The molecule has 0 aromatic heterocycles. The lowest BCUT2D eigenvalue weighted by Crippen LogP contribution is -2.50. The number of hydrogen-bond acceptors (Lipinski definition) is 4. The summed E-state index contributed by atoms with van der Waals surface area (Å²) in [5.74, 6) is -7.52. The van der Waals surface area contributed by atoms with Gasteiger partial charge in [-0.15, -0.1) is 0 Å². The van der Waals surface area contributed by atoms with Gasteiger partial charge in [0.15, 0.2) is 0 Å². The highest BCUT2D eigenvalue weighted by Gasteiger charge is 2.36. The minimum atomic E-state index is -5.06. The van der Waals surface area contributed by atoms with Gasteiger partial charge in [0, 0.05) is 31.2 Å². The first-order chi connectivity index (χ1) is 18.7. The summed E-state index contributed by atoms with van der Waals surface area (Å²) >= 11 is 0. The van der Waals surface area contributed by atoms with Gasteiger partial charge in [0.05, 0.1) is 22.5 Å². The highest BCUT2D eigenvalue weighted by molar-refractivity contribution is 6.07. The Morgan fingerprint density at radius 1 is 0.950 bits per heavy atom. The largest absolute Gasteiger partial charge is 0.417 e. The summed E-state index contributed by atoms with van der Waals surface area (Å²) in [4.78, 5) is 28.2. The fraction of sp³-hybridized carbons (Fsp3) is 0.259. The van der Waals surface area contributed by atoms with Crippen LogP contribution in [0.5, 0.6) is 0 Å². The van der Waals surface area contributed by atoms with E-state index in [1.165, 1.54) is 0 Å². The van der Waals surface area contributed by atoms with E-state index in [-0.39, 0.29) is 29.0 Å². The zero-order chi connectivity index (χ0) is 29.5. The number of rotatable bonds is 5. The molecule has 2 amide bonds. The number of likely N-dealkylation sites (N-methyl/N-ethyl adjacent to an activating group) is 1. The fourth-order valence-electron chi connectivity index (χ4n) is 4.52. The van der Waals surface area contributed by atoms with Crippen LogP contribution in [0.15, 0.2) is 42.5 Å². The Hall–Kier alpha value is -4.13. The highest BCUT2D eigenvalue weighted by atomic mass is 19.4. The van der Waals surface area contributed by atoms with Crippen molar-refractivity contribution in [2.45, 2.75) is 19.1 Å². The molecule has 1 aliphatic heterocycles. The maximum Gasteiger partial charge on any atom is 0.417 e. The van der Waals surface area contributed by atoms with Crippen molar-refractivity contribution in [3.63, 3.8) is 0 Å². The molecule has 3 N–H and O–H groups in total. The Morgan fingerprint density at radius 3 is 2.17 bits per heavy atom. The third-order valence-corrected chi connectivity index (χ3v) is 6.77. The second-order valence-corrected chi connectivity index (χ2v) is 9.45. The number of hydrogen-bond donors (Lipinski definition) is 2. The fourth-order valence-corrected chi connectivity index (χ4v) is 4.52. The molecule has 3 aromatic rings. The maximum atomic E-state index is 15.4. The third kappa shape index (κ3) is 5.74. The zero-order valence-corrected chi connectivity index (χ0v) is 21.2. The molecule has 1 atom stereocenters. The van der Waals surface area contributed by atoms with Crippen molar-refractivity contribution in [2.75, 3.05) is 36.9 Å². The van der Waals surface area contributed by atoms with E-state index in [0.29, 0.717) is 43.9 Å². The molecule has 1 aliphatic rings. The molecule has 3 aromatic carbocycles. The van der Waals surface area contributed by atoms with Gasteiger partial charge in [-0.2, -0.15) is 13.2 Å². The minimum absolute atomic E-state index is 0.0153. The Kier molecular flexibility index (Phi) is 7.79. The molecule has 40 heavy (non-hydrogen) atoms. The number of nitrogens with one attached hydrogen (secondary N) is 1. The van der Waals surface area contributed by atoms with E-state index >= 15 is 4.39 Å². The number of benzene rings is 3. The van der Waals surface area contributed by atoms with Crippen LogP contribution in [0.1, 0.15) is 33.2 Å². The Morgan fingerprint density at radius 2 is 1.60 bits per heavy atom. The van der Waals surface area contributed by atoms with E-state index in [2.05, 4.69) is 5.32 Å². The van der Waals surface area contributed by atoms with Crippen molar-refractivity contribution in [1.82, 2.24) is 4.90 Å². The molecule has 1 heterocycles. The highest BCUT2D eigenvalue weighted by Crippen LogP contribution is 2.38. The lowest BCUT2D eigenvalue weighted by Gasteiger charge is -2.39. The number of amides is 2. The number of carbonyl (C=O) groups excluding carboxylic acids is 2. The first-order valence-electron chi connectivity index (χ1n) is 11.9. The Labute approximate surface area is 224 Å². The molecule has 13 heteroatoms. The SMILES string of the molecule is C[C@@H]1CN(c2cc(F)c(-c3cc(F)c(C(N)=O)c(F)c3)cc2NC(=O)c2ccc(F)cc2C(F)(F)F)CCN1C.